The summed E-state index contributed by atoms with van der Waals surface area (Å²) in [5, 5.41) is 2.69. The van der Waals surface area contributed by atoms with Crippen LogP contribution in [0.3, 0.4) is 0 Å². The number of nitrogens with zero attached hydrogens (tertiary/aromatic N) is 1. The van der Waals surface area contributed by atoms with Crippen molar-refractivity contribution in [2.45, 2.75) is 32.7 Å². The molecule has 1 aromatic carbocycles. The summed E-state index contributed by atoms with van der Waals surface area (Å²) in [6, 6.07) is 2.60. The number of carbonyl (C=O) groups is 1. The predicted molar refractivity (Wildman–Crippen MR) is 81.1 cm³/mol. The Morgan fingerprint density at radius 3 is 2.32 bits per heavy atom. The zero-order valence-corrected chi connectivity index (χ0v) is 13.8. The van der Waals surface area contributed by atoms with Crippen molar-refractivity contribution in [3.05, 3.63) is 29.8 Å². The minimum atomic E-state index is -3.80. The summed E-state index contributed by atoms with van der Waals surface area (Å²) in [5.74, 6) is -2.16. The molecule has 0 radical (unpaired) electrons. The third kappa shape index (κ3) is 5.59. The second-order valence-corrected chi connectivity index (χ2v) is 7.89. The van der Waals surface area contributed by atoms with E-state index in [4.69, 9.17) is 0 Å². The minimum Gasteiger partial charge on any atom is -0.351 e. The Morgan fingerprint density at radius 1 is 1.27 bits per heavy atom. The van der Waals surface area contributed by atoms with Crippen molar-refractivity contribution in [1.29, 1.82) is 0 Å². The molecule has 0 fully saturated rings. The lowest BCUT2D eigenvalue weighted by atomic mass is 10.1. The van der Waals surface area contributed by atoms with Gasteiger partial charge in [0.2, 0.25) is 15.9 Å². The van der Waals surface area contributed by atoms with Gasteiger partial charge in [-0.3, -0.25) is 9.10 Å². The van der Waals surface area contributed by atoms with E-state index in [1.165, 1.54) is 0 Å². The molecule has 0 bridgehead atoms. The molecule has 0 aromatic heterocycles. The van der Waals surface area contributed by atoms with Crippen LogP contribution in [0.25, 0.3) is 0 Å². The van der Waals surface area contributed by atoms with Gasteiger partial charge in [0.1, 0.15) is 11.6 Å². The van der Waals surface area contributed by atoms with Crippen LogP contribution in [0.2, 0.25) is 0 Å². The molecule has 0 spiro atoms. The van der Waals surface area contributed by atoms with Crippen molar-refractivity contribution >= 4 is 21.6 Å². The maximum Gasteiger partial charge on any atom is 0.232 e. The Bertz CT molecular complexity index is 655. The topological polar surface area (TPSA) is 66.5 Å². The quantitative estimate of drug-likeness (QED) is 0.896. The van der Waals surface area contributed by atoms with Gasteiger partial charge in [-0.1, -0.05) is 0 Å². The summed E-state index contributed by atoms with van der Waals surface area (Å²) >= 11 is 0. The van der Waals surface area contributed by atoms with E-state index in [-0.39, 0.29) is 24.6 Å². The number of anilines is 1. The van der Waals surface area contributed by atoms with Crippen LogP contribution >= 0.6 is 0 Å². The number of hydrogen-bond donors (Lipinski definition) is 1. The van der Waals surface area contributed by atoms with Crippen LogP contribution in [0.1, 0.15) is 27.2 Å². The lowest BCUT2D eigenvalue weighted by Crippen LogP contribution is -2.42. The van der Waals surface area contributed by atoms with Crippen molar-refractivity contribution in [1.82, 2.24) is 5.32 Å². The van der Waals surface area contributed by atoms with Crippen molar-refractivity contribution in [3.63, 3.8) is 0 Å². The van der Waals surface area contributed by atoms with Gasteiger partial charge < -0.3 is 5.32 Å². The molecule has 22 heavy (non-hydrogen) atoms. The molecule has 0 aliphatic rings. The molecular weight excluding hydrogens is 314 g/mol. The van der Waals surface area contributed by atoms with Crippen LogP contribution in [-0.4, -0.2) is 32.7 Å². The molecule has 0 saturated heterocycles. The molecule has 1 rings (SSSR count). The minimum absolute atomic E-state index is 0.138. The van der Waals surface area contributed by atoms with Crippen LogP contribution in [0, 0.1) is 11.6 Å². The Labute approximate surface area is 129 Å². The summed E-state index contributed by atoms with van der Waals surface area (Å²) in [6.45, 7) is 5.14. The number of halogens is 2. The molecule has 5 nitrogen and oxygen atoms in total. The number of sulfonamides is 1. The summed E-state index contributed by atoms with van der Waals surface area (Å²) in [6.07, 6.45) is 0.763. The number of carbonyl (C=O) groups excluding carboxylic acids is 1. The van der Waals surface area contributed by atoms with Crippen molar-refractivity contribution in [2.24, 2.45) is 0 Å². The lowest BCUT2D eigenvalue weighted by molar-refractivity contribution is -0.122. The second kappa shape index (κ2) is 6.60. The highest BCUT2D eigenvalue weighted by atomic mass is 32.2. The molecule has 0 unspecified atom stereocenters. The van der Waals surface area contributed by atoms with Crippen molar-refractivity contribution < 1.29 is 22.0 Å². The van der Waals surface area contributed by atoms with E-state index in [1.54, 1.807) is 20.8 Å². The van der Waals surface area contributed by atoms with Crippen molar-refractivity contribution in [3.8, 4) is 0 Å². The fraction of sp³-hybridized carbons (Fsp3) is 0.500. The molecule has 1 N–H and O–H groups in total. The molecule has 1 aromatic rings. The molecule has 0 saturated carbocycles. The summed E-state index contributed by atoms with van der Waals surface area (Å²) in [5.41, 5.74) is -0.735. The van der Waals surface area contributed by atoms with E-state index in [0.29, 0.717) is 6.07 Å². The van der Waals surface area contributed by atoms with Crippen LogP contribution in [-0.2, 0) is 14.8 Å². The first kappa shape index (κ1) is 18.3. The molecular formula is C14H20F2N2O3S. The van der Waals surface area contributed by atoms with E-state index < -0.39 is 27.2 Å². The Hall–Kier alpha value is -1.70. The van der Waals surface area contributed by atoms with Crippen molar-refractivity contribution in [2.75, 3.05) is 17.1 Å². The highest BCUT2D eigenvalue weighted by Crippen LogP contribution is 2.22. The first-order valence-electron chi connectivity index (χ1n) is 6.64. The molecule has 0 heterocycles. The average Bonchev–Trinajstić information content (AvgIpc) is 2.27. The largest absolute Gasteiger partial charge is 0.351 e. The van der Waals surface area contributed by atoms with Crippen LogP contribution in [0.15, 0.2) is 18.2 Å². The number of nitrogens with one attached hydrogen (secondary N) is 1. The standard InChI is InChI=1S/C14H20F2N2O3S/c1-14(2,3)17-13(19)7-8-18(22(4,20)21)12-6-5-10(15)9-11(12)16/h5-6,9H,7-8H2,1-4H3,(H,17,19). The molecule has 0 aliphatic heterocycles. The summed E-state index contributed by atoms with van der Waals surface area (Å²) in [4.78, 5) is 11.8. The van der Waals surface area contributed by atoms with Gasteiger partial charge in [-0.2, -0.15) is 0 Å². The van der Waals surface area contributed by atoms with E-state index in [1.807, 2.05) is 0 Å². The third-order valence-electron chi connectivity index (χ3n) is 2.64. The molecule has 124 valence electrons. The highest BCUT2D eigenvalue weighted by molar-refractivity contribution is 7.92. The molecule has 8 heteroatoms. The fourth-order valence-corrected chi connectivity index (χ4v) is 2.76. The van der Waals surface area contributed by atoms with E-state index in [0.717, 1.165) is 22.7 Å². The average molecular weight is 334 g/mol. The zero-order chi connectivity index (χ0) is 17.1. The SMILES string of the molecule is CC(C)(C)NC(=O)CCN(c1ccc(F)cc1F)S(C)(=O)=O. The number of hydrogen-bond acceptors (Lipinski definition) is 3. The van der Waals surface area contributed by atoms with Gasteiger partial charge in [-0.15, -0.1) is 0 Å². The zero-order valence-electron chi connectivity index (χ0n) is 13.0. The number of amides is 1. The number of rotatable bonds is 5. The van der Waals surface area contributed by atoms with E-state index in [2.05, 4.69) is 5.32 Å². The van der Waals surface area contributed by atoms with Gasteiger partial charge in [-0.05, 0) is 32.9 Å². The van der Waals surface area contributed by atoms with Gasteiger partial charge >= 0.3 is 0 Å². The summed E-state index contributed by atoms with van der Waals surface area (Å²) in [7, 11) is -3.80. The maximum atomic E-state index is 13.8. The Balaban J connectivity index is 2.95. The summed E-state index contributed by atoms with van der Waals surface area (Å²) < 4.78 is 51.1. The highest BCUT2D eigenvalue weighted by Gasteiger charge is 2.23. The smallest absolute Gasteiger partial charge is 0.232 e. The van der Waals surface area contributed by atoms with E-state index >= 15 is 0 Å². The lowest BCUT2D eigenvalue weighted by Gasteiger charge is -2.24. The van der Waals surface area contributed by atoms with Crippen LogP contribution in [0.4, 0.5) is 14.5 Å². The van der Waals surface area contributed by atoms with Gasteiger partial charge in [0.05, 0.1) is 11.9 Å². The first-order chi connectivity index (χ1) is 9.90. The molecule has 0 aliphatic carbocycles. The van der Waals surface area contributed by atoms with Gasteiger partial charge in [0.25, 0.3) is 0 Å². The van der Waals surface area contributed by atoms with Gasteiger partial charge in [0, 0.05) is 24.6 Å². The maximum absolute atomic E-state index is 13.8. The molecule has 1 amide bonds. The van der Waals surface area contributed by atoms with Gasteiger partial charge in [-0.25, -0.2) is 17.2 Å². The normalized spacial score (nSPS) is 12.1. The number of benzene rings is 1. The monoisotopic (exact) mass is 334 g/mol. The fourth-order valence-electron chi connectivity index (χ4n) is 1.83. The molecule has 0 atom stereocenters. The second-order valence-electron chi connectivity index (χ2n) is 5.98. The third-order valence-corrected chi connectivity index (χ3v) is 3.82. The van der Waals surface area contributed by atoms with Gasteiger partial charge in [0.15, 0.2) is 0 Å². The Morgan fingerprint density at radius 2 is 1.86 bits per heavy atom. The van der Waals surface area contributed by atoms with E-state index in [9.17, 15) is 22.0 Å². The predicted octanol–water partition coefficient (Wildman–Crippen LogP) is 2.04. The Kier molecular flexibility index (Phi) is 5.50. The van der Waals surface area contributed by atoms with Crippen LogP contribution < -0.4 is 9.62 Å². The first-order valence-corrected chi connectivity index (χ1v) is 8.49. The van der Waals surface area contributed by atoms with Crippen LogP contribution in [0.5, 0.6) is 0 Å².